The van der Waals surface area contributed by atoms with Crippen molar-refractivity contribution in [2.24, 2.45) is 0 Å². The Morgan fingerprint density at radius 2 is 1.43 bits per heavy atom. The Morgan fingerprint density at radius 1 is 1.00 bits per heavy atom. The first kappa shape index (κ1) is 7.55. The molecule has 7 heavy (non-hydrogen) atoms. The van der Waals surface area contributed by atoms with E-state index in [9.17, 15) is 8.78 Å². The molecule has 0 aliphatic heterocycles. The van der Waals surface area contributed by atoms with Gasteiger partial charge in [0.15, 0.2) is 0 Å². The Hall–Kier alpha value is 0.551. The van der Waals surface area contributed by atoms with Crippen LogP contribution in [0.25, 0.3) is 0 Å². The van der Waals surface area contributed by atoms with E-state index in [1.807, 2.05) is 0.777 Å². The summed E-state index contributed by atoms with van der Waals surface area (Å²) in [7, 11) is 0. The summed E-state index contributed by atoms with van der Waals surface area (Å²) >= 11 is -0.700. The van der Waals surface area contributed by atoms with Crippen LogP contribution in [0.15, 0.2) is 0 Å². The van der Waals surface area contributed by atoms with Crippen molar-refractivity contribution in [3.8, 4) is 13.1 Å². The van der Waals surface area contributed by atoms with Gasteiger partial charge in [0.2, 0.25) is 0 Å². The molecule has 0 amide bonds. The van der Waals surface area contributed by atoms with E-state index in [4.69, 9.17) is 0 Å². The topological polar surface area (TPSA) is 0 Å². The molecular formula is C4F2Xe. The fourth-order valence-electron chi connectivity index (χ4n) is 0.0555. The van der Waals surface area contributed by atoms with Crippen LogP contribution in [0.5, 0.6) is 0 Å². The monoisotopic (exact) mass is 218 g/mol. The van der Waals surface area contributed by atoms with Gasteiger partial charge in [0.25, 0.3) is 0 Å². The van der Waals surface area contributed by atoms with Crippen molar-refractivity contribution in [3.63, 3.8) is 0 Å². The summed E-state index contributed by atoms with van der Waals surface area (Å²) in [5.74, 6) is 0. The van der Waals surface area contributed by atoms with E-state index in [-0.39, 0.29) is 0 Å². The third kappa shape index (κ3) is 6.55. The van der Waals surface area contributed by atoms with Crippen LogP contribution in [0, 0.1) is 57.3 Å². The van der Waals surface area contributed by atoms with Crippen LogP contribution in [0.1, 0.15) is 0 Å². The summed E-state index contributed by atoms with van der Waals surface area (Å²) in [5, 5.41) is 0. The summed E-state index contributed by atoms with van der Waals surface area (Å²) in [6.45, 7) is 0. The number of hydrogen-bond donors (Lipinski definition) is 0. The third-order valence-corrected chi connectivity index (χ3v) is 1.04. The molecule has 0 nitrogen and oxygen atoms in total. The Balaban J connectivity index is 3.21. The van der Waals surface area contributed by atoms with Gasteiger partial charge in [-0.05, 0) is 0 Å². The van der Waals surface area contributed by atoms with E-state index in [2.05, 4.69) is 0 Å². The van der Waals surface area contributed by atoms with Crippen molar-refractivity contribution in [1.29, 1.82) is 0 Å². The van der Waals surface area contributed by atoms with Crippen molar-refractivity contribution in [2.45, 2.75) is 0 Å². The molecular weight excluding hydrogens is 217 g/mol. The van der Waals surface area contributed by atoms with Gasteiger partial charge in [-0.3, -0.25) is 0 Å². The van der Waals surface area contributed by atoms with Crippen LogP contribution >= 0.6 is 0 Å². The zero-order valence-corrected chi connectivity index (χ0v) is 5.13. The fraction of sp³-hybridized carbons (Fsp3) is 0. The average Bonchev–Trinajstić information content (AvgIpc) is 1.69. The zero-order valence-electron chi connectivity index (χ0n) is 3.11. The minimum atomic E-state index is -0.700. The molecule has 0 unspecified atom stereocenters. The molecule has 0 spiro atoms. The Labute approximate surface area is 65.0 Å². The Kier molecular flexibility index (Phi) is 7.07. The normalized spacial score (nSPS) is 5.43. The summed E-state index contributed by atoms with van der Waals surface area (Å²) < 4.78 is 25.6. The summed E-state index contributed by atoms with van der Waals surface area (Å²) in [4.78, 5) is 0. The van der Waals surface area contributed by atoms with E-state index in [1.54, 1.807) is 0 Å². The predicted octanol–water partition coefficient (Wildman–Crippen LogP) is 0.847. The van der Waals surface area contributed by atoms with Crippen LogP contribution in [0.4, 0.5) is 8.78 Å². The molecule has 38 valence electrons. The van der Waals surface area contributed by atoms with Crippen LogP contribution < -0.4 is 0 Å². The second-order valence-corrected chi connectivity index (χ2v) is 1.97. The standard InChI is InChI=1S/C4F2Xe/c5-1-3-7-4-2-6. The quantitative estimate of drug-likeness (QED) is 0.528. The summed E-state index contributed by atoms with van der Waals surface area (Å²) in [5.41, 5.74) is 0. The van der Waals surface area contributed by atoms with E-state index < -0.39 is 44.2 Å². The van der Waals surface area contributed by atoms with Crippen LogP contribution in [0.3, 0.4) is 0 Å². The number of rotatable bonds is 0. The molecule has 0 aliphatic rings. The van der Waals surface area contributed by atoms with Gasteiger partial charge in [-0.15, -0.1) is 0 Å². The molecule has 0 N–H and O–H groups in total. The van der Waals surface area contributed by atoms with Gasteiger partial charge in [-0.2, -0.15) is 0 Å². The Bertz CT molecular complexity index is 125. The summed E-state index contributed by atoms with van der Waals surface area (Å²) in [6.07, 6.45) is 2.25. The maximum atomic E-state index is 10.8. The zero-order chi connectivity index (χ0) is 5.54. The SMILES string of the molecule is FC#C[Xe]C#CF. The van der Waals surface area contributed by atoms with E-state index >= 15 is 0 Å². The van der Waals surface area contributed by atoms with Crippen LogP contribution in [0.2, 0.25) is 0 Å². The third-order valence-electron chi connectivity index (χ3n) is 0.155. The molecule has 0 radical (unpaired) electrons. The van der Waals surface area contributed by atoms with Crippen molar-refractivity contribution in [3.05, 3.63) is 0 Å². The first-order chi connectivity index (χ1) is 3.41. The first-order valence-electron chi connectivity index (χ1n) is 1.23. The maximum absolute atomic E-state index is 10.8. The molecule has 0 atom stereocenters. The van der Waals surface area contributed by atoms with Crippen molar-refractivity contribution < 1.29 is 53.0 Å². The number of halogens is 2. The molecule has 0 saturated heterocycles. The fourth-order valence-corrected chi connectivity index (χ4v) is 0.372. The van der Waals surface area contributed by atoms with E-state index in [1.165, 1.54) is 0 Å². The van der Waals surface area contributed by atoms with Crippen LogP contribution in [-0.4, -0.2) is 0 Å². The second kappa shape index (κ2) is 6.55. The molecule has 0 aliphatic carbocycles. The molecule has 3 heteroatoms. The van der Waals surface area contributed by atoms with Gasteiger partial charge in [0, 0.05) is 0 Å². The average molecular weight is 217 g/mol. The van der Waals surface area contributed by atoms with E-state index in [0.717, 1.165) is 12.3 Å². The Morgan fingerprint density at radius 3 is 1.71 bits per heavy atom. The van der Waals surface area contributed by atoms with Gasteiger partial charge >= 0.3 is 66.1 Å². The molecule has 0 aromatic rings. The molecule has 0 rings (SSSR count). The van der Waals surface area contributed by atoms with Crippen LogP contribution in [-0.2, 0) is 0 Å². The van der Waals surface area contributed by atoms with E-state index in [0.29, 0.717) is 0 Å². The first-order valence-corrected chi connectivity index (χ1v) is 3.25. The minimum absolute atomic E-state index is 0.700. The molecule has 0 heterocycles. The number of hydrogen-bond acceptors (Lipinski definition) is 0. The molecule has 0 aromatic carbocycles. The van der Waals surface area contributed by atoms with Crippen molar-refractivity contribution >= 4 is 0 Å². The van der Waals surface area contributed by atoms with Gasteiger partial charge in [-0.1, -0.05) is 0 Å². The molecule has 0 aromatic heterocycles. The summed E-state index contributed by atoms with van der Waals surface area (Å²) in [6, 6.07) is 0. The van der Waals surface area contributed by atoms with Crippen molar-refractivity contribution in [2.75, 3.05) is 0 Å². The van der Waals surface area contributed by atoms with Gasteiger partial charge in [-0.25, -0.2) is 0 Å². The second-order valence-electron chi connectivity index (χ2n) is 0.454. The molecule has 0 bridgehead atoms. The molecule has 0 saturated carbocycles. The molecule has 0 fully saturated rings. The van der Waals surface area contributed by atoms with Crippen molar-refractivity contribution in [1.82, 2.24) is 0 Å². The van der Waals surface area contributed by atoms with Gasteiger partial charge < -0.3 is 0 Å². The predicted molar refractivity (Wildman–Crippen MR) is 17.8 cm³/mol. The van der Waals surface area contributed by atoms with Gasteiger partial charge in [0.05, 0.1) is 0 Å². The van der Waals surface area contributed by atoms with Gasteiger partial charge in [0.1, 0.15) is 0 Å².